The van der Waals surface area contributed by atoms with Crippen LogP contribution in [0.3, 0.4) is 0 Å². The van der Waals surface area contributed by atoms with E-state index in [1.165, 1.54) is 0 Å². The van der Waals surface area contributed by atoms with Crippen molar-refractivity contribution in [2.45, 2.75) is 46.0 Å². The van der Waals surface area contributed by atoms with Crippen molar-refractivity contribution >= 4 is 29.2 Å². The van der Waals surface area contributed by atoms with Crippen LogP contribution in [0.4, 0.5) is 11.4 Å². The highest BCUT2D eigenvalue weighted by molar-refractivity contribution is 6.11. The van der Waals surface area contributed by atoms with Gasteiger partial charge in [0.05, 0.1) is 31.5 Å². The molecular formula is C20H28N2O5. The molecule has 0 unspecified atom stereocenters. The maximum atomic E-state index is 13.5. The van der Waals surface area contributed by atoms with Crippen molar-refractivity contribution in [3.8, 4) is 0 Å². The van der Waals surface area contributed by atoms with E-state index in [0.717, 1.165) is 0 Å². The molecular weight excluding hydrogens is 348 g/mol. The second-order valence-electron chi connectivity index (χ2n) is 7.13. The monoisotopic (exact) mass is 376 g/mol. The van der Waals surface area contributed by atoms with Gasteiger partial charge in [0.1, 0.15) is 0 Å². The van der Waals surface area contributed by atoms with Gasteiger partial charge in [-0.15, -0.1) is 0 Å². The fraction of sp³-hybridized carbons (Fsp3) is 0.550. The second kappa shape index (κ2) is 8.41. The summed E-state index contributed by atoms with van der Waals surface area (Å²) < 4.78 is 10.2. The molecule has 0 aliphatic carbocycles. The van der Waals surface area contributed by atoms with Crippen LogP contribution in [0, 0.1) is 5.92 Å². The molecule has 2 rings (SSSR count). The zero-order chi connectivity index (χ0) is 20.2. The normalized spacial score (nSPS) is 15.0. The van der Waals surface area contributed by atoms with Crippen molar-refractivity contribution in [2.24, 2.45) is 5.92 Å². The molecule has 0 fully saturated rings. The average Bonchev–Trinajstić information content (AvgIpc) is 2.77. The molecule has 1 aliphatic heterocycles. The fourth-order valence-electron chi connectivity index (χ4n) is 3.52. The number of nitrogen functional groups attached to an aromatic ring is 1. The van der Waals surface area contributed by atoms with Crippen LogP contribution in [0.25, 0.3) is 0 Å². The molecule has 1 aromatic rings. The maximum absolute atomic E-state index is 13.5. The molecule has 0 radical (unpaired) electrons. The Hall–Kier alpha value is -2.57. The minimum Gasteiger partial charge on any atom is -0.466 e. The Balaban J connectivity index is 2.58. The molecule has 148 valence electrons. The highest BCUT2D eigenvalue weighted by atomic mass is 16.5. The number of hydrogen-bond acceptors (Lipinski definition) is 6. The zero-order valence-corrected chi connectivity index (χ0v) is 16.4. The van der Waals surface area contributed by atoms with Crippen LogP contribution < -0.4 is 10.6 Å². The molecule has 0 spiro atoms. The summed E-state index contributed by atoms with van der Waals surface area (Å²) in [6, 6.07) is 5.15. The highest BCUT2D eigenvalue weighted by Crippen LogP contribution is 2.47. The number of fused-ring (bicyclic) bond motifs is 1. The van der Waals surface area contributed by atoms with Crippen LogP contribution >= 0.6 is 0 Å². The van der Waals surface area contributed by atoms with E-state index < -0.39 is 17.4 Å². The van der Waals surface area contributed by atoms with Crippen molar-refractivity contribution in [1.82, 2.24) is 0 Å². The zero-order valence-electron chi connectivity index (χ0n) is 16.4. The Morgan fingerprint density at radius 1 is 1.11 bits per heavy atom. The van der Waals surface area contributed by atoms with E-state index in [-0.39, 0.29) is 37.9 Å². The quantitative estimate of drug-likeness (QED) is 0.552. The maximum Gasteiger partial charge on any atom is 0.307 e. The molecule has 1 amide bonds. The summed E-state index contributed by atoms with van der Waals surface area (Å²) in [7, 11) is 0. The molecule has 0 saturated heterocycles. The van der Waals surface area contributed by atoms with Gasteiger partial charge in [-0.3, -0.25) is 14.4 Å². The lowest BCUT2D eigenvalue weighted by Crippen LogP contribution is -2.45. The van der Waals surface area contributed by atoms with Crippen LogP contribution in [0.15, 0.2) is 18.2 Å². The Labute approximate surface area is 159 Å². The third-order valence-corrected chi connectivity index (χ3v) is 4.53. The molecule has 0 atom stereocenters. The van der Waals surface area contributed by atoms with Crippen LogP contribution in [0.5, 0.6) is 0 Å². The van der Waals surface area contributed by atoms with E-state index in [0.29, 0.717) is 23.5 Å². The molecule has 2 N–H and O–H groups in total. The summed E-state index contributed by atoms with van der Waals surface area (Å²) >= 11 is 0. The first kappa shape index (κ1) is 20.7. The van der Waals surface area contributed by atoms with E-state index >= 15 is 0 Å². The van der Waals surface area contributed by atoms with Crippen molar-refractivity contribution in [3.63, 3.8) is 0 Å². The number of carbonyl (C=O) groups is 3. The predicted octanol–water partition coefficient (Wildman–Crippen LogP) is 2.42. The molecule has 1 aromatic carbocycles. The number of benzene rings is 1. The van der Waals surface area contributed by atoms with Gasteiger partial charge in [-0.2, -0.15) is 0 Å². The topological polar surface area (TPSA) is 98.9 Å². The number of ether oxygens (including phenoxy) is 2. The summed E-state index contributed by atoms with van der Waals surface area (Å²) in [6.45, 7) is 8.27. The van der Waals surface area contributed by atoms with Crippen LogP contribution in [0.1, 0.15) is 46.1 Å². The minimum atomic E-state index is -1.36. The largest absolute Gasteiger partial charge is 0.466 e. The molecule has 0 saturated carbocycles. The molecule has 7 nitrogen and oxygen atoms in total. The van der Waals surface area contributed by atoms with Gasteiger partial charge < -0.3 is 20.1 Å². The van der Waals surface area contributed by atoms with Gasteiger partial charge >= 0.3 is 11.9 Å². The average molecular weight is 376 g/mol. The Morgan fingerprint density at radius 3 is 2.15 bits per heavy atom. The second-order valence-corrected chi connectivity index (χ2v) is 7.13. The Kier molecular flexibility index (Phi) is 6.46. The number of amides is 1. The molecule has 0 bridgehead atoms. The molecule has 7 heteroatoms. The van der Waals surface area contributed by atoms with Gasteiger partial charge in [0.25, 0.3) is 0 Å². The van der Waals surface area contributed by atoms with E-state index in [1.807, 2.05) is 13.8 Å². The number of nitrogens with two attached hydrogens (primary N) is 1. The number of esters is 2. The number of nitrogens with zero attached hydrogens (tertiary/aromatic N) is 1. The molecule has 1 aliphatic rings. The van der Waals surface area contributed by atoms with E-state index in [2.05, 4.69) is 0 Å². The first-order valence-electron chi connectivity index (χ1n) is 9.28. The fourth-order valence-corrected chi connectivity index (χ4v) is 3.52. The molecule has 27 heavy (non-hydrogen) atoms. The number of carbonyl (C=O) groups excluding carboxylic acids is 3. The number of hydrogen-bond donors (Lipinski definition) is 1. The van der Waals surface area contributed by atoms with Crippen LogP contribution in [-0.4, -0.2) is 37.6 Å². The van der Waals surface area contributed by atoms with Crippen molar-refractivity contribution < 1.29 is 23.9 Å². The smallest absolute Gasteiger partial charge is 0.307 e. The lowest BCUT2D eigenvalue weighted by Gasteiger charge is -2.27. The molecule has 1 heterocycles. The summed E-state index contributed by atoms with van der Waals surface area (Å²) in [5.74, 6) is -1.15. The van der Waals surface area contributed by atoms with Gasteiger partial charge in [-0.05, 0) is 43.5 Å². The van der Waals surface area contributed by atoms with Gasteiger partial charge in [0.2, 0.25) is 5.91 Å². The lowest BCUT2D eigenvalue weighted by molar-refractivity contribution is -0.151. The van der Waals surface area contributed by atoms with Gasteiger partial charge in [-0.25, -0.2) is 0 Å². The van der Waals surface area contributed by atoms with E-state index in [9.17, 15) is 14.4 Å². The number of rotatable bonds is 8. The summed E-state index contributed by atoms with van der Waals surface area (Å²) in [6.07, 6.45) is -0.465. The minimum absolute atomic E-state index is 0.196. The SMILES string of the molecule is CCOC(=O)CC1(CC(=O)OCC)C(=O)N(CC(C)C)c2ccc(N)cc21. The van der Waals surface area contributed by atoms with Crippen LogP contribution in [0.2, 0.25) is 0 Å². The Bertz CT molecular complexity index is 709. The first-order chi connectivity index (χ1) is 12.7. The first-order valence-corrected chi connectivity index (χ1v) is 9.28. The third-order valence-electron chi connectivity index (χ3n) is 4.53. The summed E-state index contributed by atoms with van der Waals surface area (Å²) in [5, 5.41) is 0. The van der Waals surface area contributed by atoms with Gasteiger partial charge in [0, 0.05) is 17.9 Å². The van der Waals surface area contributed by atoms with Crippen molar-refractivity contribution in [3.05, 3.63) is 23.8 Å². The van der Waals surface area contributed by atoms with Gasteiger partial charge in [-0.1, -0.05) is 13.8 Å². The predicted molar refractivity (Wildman–Crippen MR) is 102 cm³/mol. The van der Waals surface area contributed by atoms with Crippen molar-refractivity contribution in [2.75, 3.05) is 30.4 Å². The summed E-state index contributed by atoms with van der Waals surface area (Å²) in [5.41, 5.74) is 6.32. The van der Waals surface area contributed by atoms with Crippen LogP contribution in [-0.2, 0) is 29.3 Å². The van der Waals surface area contributed by atoms with E-state index in [1.54, 1.807) is 36.9 Å². The van der Waals surface area contributed by atoms with Crippen molar-refractivity contribution in [1.29, 1.82) is 0 Å². The number of anilines is 2. The summed E-state index contributed by atoms with van der Waals surface area (Å²) in [4.78, 5) is 39.8. The third kappa shape index (κ3) is 4.23. The highest BCUT2D eigenvalue weighted by Gasteiger charge is 2.54. The Morgan fingerprint density at radius 2 is 1.67 bits per heavy atom. The standard InChI is InChI=1S/C20H28N2O5/c1-5-26-17(23)10-20(11-18(24)27-6-2)15-9-14(21)7-8-16(15)22(19(20)25)12-13(3)4/h7-9,13H,5-6,10-12,21H2,1-4H3. The van der Waals surface area contributed by atoms with Gasteiger partial charge in [0.15, 0.2) is 0 Å². The molecule has 0 aromatic heterocycles. The van der Waals surface area contributed by atoms with E-state index in [4.69, 9.17) is 15.2 Å². The lowest BCUT2D eigenvalue weighted by atomic mass is 9.75.